The second-order valence-corrected chi connectivity index (χ2v) is 5.37. The van der Waals surface area contributed by atoms with Gasteiger partial charge in [0, 0.05) is 0 Å². The van der Waals surface area contributed by atoms with Crippen LogP contribution in [0.25, 0.3) is 0 Å². The van der Waals surface area contributed by atoms with Gasteiger partial charge in [-0.05, 0) is 0 Å². The predicted molar refractivity (Wildman–Crippen MR) is 75.8 cm³/mol. The first-order valence-corrected chi connectivity index (χ1v) is 8.76. The summed E-state index contributed by atoms with van der Waals surface area (Å²) in [5.74, 6) is 0. The minimum atomic E-state index is -5.39. The van der Waals surface area contributed by atoms with Crippen LogP contribution in [0, 0.1) is 0 Å². The number of phosphoric acid groups is 4. The van der Waals surface area contributed by atoms with Gasteiger partial charge in [-0.3, -0.25) is 0 Å². The van der Waals surface area contributed by atoms with Gasteiger partial charge in [-0.15, -0.1) is 0 Å². The van der Waals surface area contributed by atoms with Crippen LogP contribution in [-0.2, 0) is 18.3 Å². The Labute approximate surface area is 342 Å². The van der Waals surface area contributed by atoms with Crippen LogP contribution in [0.1, 0.15) is 0 Å². The zero-order valence-electron chi connectivity index (χ0n) is 14.1. The van der Waals surface area contributed by atoms with Gasteiger partial charge in [0.05, 0.1) is 0 Å². The van der Waals surface area contributed by atoms with E-state index in [0.29, 0.717) is 0 Å². The minimum absolute atomic E-state index is 0. The summed E-state index contributed by atoms with van der Waals surface area (Å²) in [4.78, 5) is 103. The Morgan fingerprint density at radius 1 is 0.276 bits per heavy atom. The van der Waals surface area contributed by atoms with Crippen molar-refractivity contribution in [3.8, 4) is 0 Å². The monoisotopic (exact) mass is 674 g/mol. The largest absolute Gasteiger partial charge is 2.00 e. The van der Waals surface area contributed by atoms with Crippen LogP contribution in [0.4, 0.5) is 0 Å². The summed E-state index contributed by atoms with van der Waals surface area (Å²) in [6.07, 6.45) is 0. The molecule has 0 spiro atoms. The van der Waals surface area contributed by atoms with Crippen molar-refractivity contribution in [2.45, 2.75) is 0 Å². The van der Waals surface area contributed by atoms with E-state index in [0.717, 1.165) is 0 Å². The fourth-order valence-corrected chi connectivity index (χ4v) is 0. The van der Waals surface area contributed by atoms with Gasteiger partial charge in [0.1, 0.15) is 0 Å². The molecule has 0 aliphatic heterocycles. The van der Waals surface area contributed by atoms with Gasteiger partial charge in [-0.2, -0.15) is 31.3 Å². The Kier molecular flexibility index (Phi) is 123. The Morgan fingerprint density at radius 2 is 0.276 bits per heavy atom. The van der Waals surface area contributed by atoms with E-state index in [-0.39, 0.29) is 243 Å². The molecule has 0 aromatic rings. The van der Waals surface area contributed by atoms with E-state index >= 15 is 0 Å². The van der Waals surface area contributed by atoms with E-state index in [9.17, 15) is 0 Å². The summed E-state index contributed by atoms with van der Waals surface area (Å²) in [5.41, 5.74) is 0. The van der Waals surface area contributed by atoms with Gasteiger partial charge in [-0.1, -0.05) is 0 Å². The van der Waals surface area contributed by atoms with Gasteiger partial charge < -0.3 is 93.4 Å². The van der Waals surface area contributed by atoms with Gasteiger partial charge in [-0.25, -0.2) is 0 Å². The summed E-state index contributed by atoms with van der Waals surface area (Å²) in [6, 6.07) is 0. The molecule has 6 N–H and O–H groups in total. The van der Waals surface area contributed by atoms with Gasteiger partial charge in [0.25, 0.3) is 0 Å². The molecule has 0 saturated heterocycles. The van der Waals surface area contributed by atoms with Crippen LogP contribution < -0.4 is 58.7 Å². The zero-order valence-corrected chi connectivity index (χ0v) is 30.9. The average molecular weight is 674 g/mol. The van der Waals surface area contributed by atoms with E-state index in [4.69, 9.17) is 77.0 Å². The van der Waals surface area contributed by atoms with Crippen LogP contribution in [0.2, 0.25) is 0 Å². The van der Waals surface area contributed by atoms with E-state index in [1.807, 2.05) is 0 Å². The first-order chi connectivity index (χ1) is 8.00. The fourth-order valence-electron chi connectivity index (χ4n) is 0. The van der Waals surface area contributed by atoms with E-state index < -0.39 is 31.3 Å². The van der Waals surface area contributed by atoms with Crippen molar-refractivity contribution in [2.75, 3.05) is 0 Å². The summed E-state index contributed by atoms with van der Waals surface area (Å²) >= 11 is 0. The molecular formula is H6Ca6O19P4. The fraction of sp³-hybridized carbons (Fsp3) is 0. The Balaban J connectivity index is -0.00000000970. The smallest absolute Gasteiger partial charge is 0.822 e. The average Bonchev–Trinajstić information content (AvgIpc) is 1.62. The topological polar surface area (TPSA) is 440 Å². The minimum Gasteiger partial charge on any atom is -0.822 e. The SMILES string of the molecule is O.O.O.O=P([O-])([O-])[O-].O=P([O-])([O-])[O-].O=P([O-])([O-])[O-].O=P([O-])([O-])[O-].[Ca+2].[Ca+2].[Ca+2].[Ca+2].[Ca+2].[Ca+2]. The van der Waals surface area contributed by atoms with E-state index in [1.165, 1.54) is 0 Å². The number of hydrogen-bond acceptors (Lipinski definition) is 16. The molecule has 0 aromatic heterocycles. The molecule has 0 radical (unpaired) electrons. The van der Waals surface area contributed by atoms with E-state index in [1.54, 1.807) is 0 Å². The summed E-state index contributed by atoms with van der Waals surface area (Å²) in [7, 11) is -21.6. The molecule has 0 aromatic carbocycles. The molecule has 0 aliphatic carbocycles. The third-order valence-electron chi connectivity index (χ3n) is 0. The van der Waals surface area contributed by atoms with Crippen molar-refractivity contribution in [1.82, 2.24) is 0 Å². The van der Waals surface area contributed by atoms with Crippen molar-refractivity contribution in [3.63, 3.8) is 0 Å². The third kappa shape index (κ3) is 663. The molecule has 29 heavy (non-hydrogen) atoms. The molecular weight excluding hydrogens is 668 g/mol. The van der Waals surface area contributed by atoms with Crippen molar-refractivity contribution in [1.29, 1.82) is 0 Å². The Bertz CT molecular complexity index is 301. The van der Waals surface area contributed by atoms with Crippen molar-refractivity contribution in [2.24, 2.45) is 0 Å². The molecule has 152 valence electrons. The van der Waals surface area contributed by atoms with Gasteiger partial charge in [0.2, 0.25) is 0 Å². The standard InChI is InChI=1S/6Ca.4H3O4P.3H2O/c;;;;;;4*1-5(2,3)4;;;/h;;;;;;4*(H3,1,2,3,4);3*1H2/q6*+2;;;;;;;/p-12. The Hall–Kier alpha value is 7.88. The summed E-state index contributed by atoms with van der Waals surface area (Å²) in [5, 5.41) is 0. The molecule has 0 saturated carbocycles. The molecule has 0 fully saturated rings. The molecule has 0 heterocycles. The number of hydrogen-bond donors (Lipinski definition) is 0. The first-order valence-electron chi connectivity index (χ1n) is 2.92. The maximum atomic E-state index is 8.55. The van der Waals surface area contributed by atoms with Crippen LogP contribution >= 0.6 is 31.3 Å². The molecule has 0 rings (SSSR count). The Morgan fingerprint density at radius 3 is 0.276 bits per heavy atom. The van der Waals surface area contributed by atoms with Crippen molar-refractivity contribution < 1.29 is 93.4 Å². The van der Waals surface area contributed by atoms with E-state index in [2.05, 4.69) is 0 Å². The predicted octanol–water partition coefficient (Wildman–Crippen LogP) is -16.1. The molecule has 0 atom stereocenters. The summed E-state index contributed by atoms with van der Waals surface area (Å²) < 4.78 is 34.2. The van der Waals surface area contributed by atoms with Gasteiger partial charge >= 0.3 is 226 Å². The normalized spacial score (nSPS) is 8.14. The second-order valence-electron chi connectivity index (χ2n) is 1.79. The molecule has 0 amide bonds. The van der Waals surface area contributed by atoms with Crippen LogP contribution in [0.15, 0.2) is 0 Å². The van der Waals surface area contributed by atoms with Crippen LogP contribution in [0.3, 0.4) is 0 Å². The molecule has 19 nitrogen and oxygen atoms in total. The molecule has 0 bridgehead atoms. The van der Waals surface area contributed by atoms with Crippen LogP contribution in [0.5, 0.6) is 0 Å². The second kappa shape index (κ2) is 42.9. The van der Waals surface area contributed by atoms with Crippen LogP contribution in [-0.4, -0.2) is 243 Å². The molecule has 29 heteroatoms. The maximum absolute atomic E-state index is 8.55. The molecule has 0 aliphatic rings. The zero-order chi connectivity index (χ0) is 18.0. The first kappa shape index (κ1) is 83.3. The quantitative estimate of drug-likeness (QED) is 0.170. The molecule has 0 unspecified atom stereocenters. The third-order valence-corrected chi connectivity index (χ3v) is 0. The maximum Gasteiger partial charge on any atom is 2.00 e. The summed E-state index contributed by atoms with van der Waals surface area (Å²) in [6.45, 7) is 0. The van der Waals surface area contributed by atoms with Gasteiger partial charge in [0.15, 0.2) is 0 Å². The van der Waals surface area contributed by atoms with Crippen molar-refractivity contribution >= 4 is 258 Å². The number of rotatable bonds is 0. The van der Waals surface area contributed by atoms with Crippen molar-refractivity contribution in [3.05, 3.63) is 0 Å².